The van der Waals surface area contributed by atoms with Gasteiger partial charge in [-0.1, -0.05) is 30.1 Å². The maximum Gasteiger partial charge on any atom is 0.265 e. The van der Waals surface area contributed by atoms with Gasteiger partial charge in [0.15, 0.2) is 0 Å². The van der Waals surface area contributed by atoms with Crippen LogP contribution in [0, 0.1) is 5.92 Å². The number of amides is 1. The summed E-state index contributed by atoms with van der Waals surface area (Å²) in [6.07, 6.45) is 2.76. The van der Waals surface area contributed by atoms with E-state index in [4.69, 9.17) is 23.2 Å². The van der Waals surface area contributed by atoms with Gasteiger partial charge in [-0.3, -0.25) is 9.59 Å². The molecule has 1 aliphatic rings. The van der Waals surface area contributed by atoms with E-state index in [1.165, 1.54) is 17.4 Å². The molecule has 0 saturated carbocycles. The zero-order valence-corrected chi connectivity index (χ0v) is 16.7. The lowest BCUT2D eigenvalue weighted by atomic mass is 9.89. The van der Waals surface area contributed by atoms with E-state index >= 15 is 0 Å². The summed E-state index contributed by atoms with van der Waals surface area (Å²) in [7, 11) is 0. The number of hydrogen-bond donors (Lipinski definition) is 3. The Morgan fingerprint density at radius 1 is 1.33 bits per heavy atom. The Balaban J connectivity index is 1.78. The number of aryl methyl sites for hydroxylation is 1. The minimum Gasteiger partial charge on any atom is -0.506 e. The van der Waals surface area contributed by atoms with Gasteiger partial charge in [-0.15, -0.1) is 11.3 Å². The quantitative estimate of drug-likeness (QED) is 0.544. The number of aromatic hydroxyl groups is 1. The molecule has 0 aliphatic heterocycles. The van der Waals surface area contributed by atoms with Crippen molar-refractivity contribution in [1.82, 2.24) is 4.98 Å². The zero-order valence-electron chi connectivity index (χ0n) is 14.4. The van der Waals surface area contributed by atoms with E-state index in [2.05, 4.69) is 17.2 Å². The SMILES string of the molecule is C[C@H]1CCc2c(sc3[nH]c(=O)c(C(=O)Nc4ccc(Cl)c(Cl)c4)c(O)c23)C1. The van der Waals surface area contributed by atoms with E-state index in [1.807, 2.05) is 0 Å². The first-order valence-corrected chi connectivity index (χ1v) is 10.1. The van der Waals surface area contributed by atoms with Crippen LogP contribution >= 0.6 is 34.5 Å². The highest BCUT2D eigenvalue weighted by Gasteiger charge is 2.27. The fourth-order valence-corrected chi connectivity index (χ4v) is 5.17. The maximum atomic E-state index is 12.7. The van der Waals surface area contributed by atoms with Crippen molar-refractivity contribution in [2.75, 3.05) is 5.32 Å². The number of rotatable bonds is 2. The van der Waals surface area contributed by atoms with E-state index in [9.17, 15) is 14.7 Å². The summed E-state index contributed by atoms with van der Waals surface area (Å²) in [5, 5.41) is 14.6. The molecule has 0 saturated heterocycles. The number of aromatic nitrogens is 1. The molecule has 0 spiro atoms. The molecule has 3 aromatic rings. The Hall–Kier alpha value is -2.02. The molecule has 0 fully saturated rings. The second kappa shape index (κ2) is 6.86. The Labute approximate surface area is 168 Å². The highest BCUT2D eigenvalue weighted by molar-refractivity contribution is 7.18. The van der Waals surface area contributed by atoms with E-state index in [0.717, 1.165) is 29.7 Å². The molecule has 27 heavy (non-hydrogen) atoms. The summed E-state index contributed by atoms with van der Waals surface area (Å²) in [6, 6.07) is 4.60. The van der Waals surface area contributed by atoms with Crippen LogP contribution in [0.5, 0.6) is 5.75 Å². The molecule has 0 radical (unpaired) electrons. The fraction of sp³-hybridized carbons (Fsp3) is 0.263. The molecular formula is C19H16Cl2N2O3S. The first-order valence-electron chi connectivity index (χ1n) is 8.51. The van der Waals surface area contributed by atoms with Crippen LogP contribution in [-0.4, -0.2) is 16.0 Å². The van der Waals surface area contributed by atoms with Gasteiger partial charge in [-0.25, -0.2) is 0 Å². The minimum absolute atomic E-state index is 0.265. The maximum absolute atomic E-state index is 12.7. The smallest absolute Gasteiger partial charge is 0.265 e. The molecule has 1 atom stereocenters. The van der Waals surface area contributed by atoms with E-state index in [1.54, 1.807) is 12.1 Å². The van der Waals surface area contributed by atoms with Gasteiger partial charge in [0.1, 0.15) is 16.1 Å². The Morgan fingerprint density at radius 3 is 2.85 bits per heavy atom. The van der Waals surface area contributed by atoms with Crippen molar-refractivity contribution in [3.8, 4) is 5.75 Å². The average molecular weight is 423 g/mol. The summed E-state index contributed by atoms with van der Waals surface area (Å²) in [5.41, 5.74) is 0.497. The number of aromatic amines is 1. The third-order valence-corrected chi connectivity index (χ3v) is 6.75. The Bertz CT molecular complexity index is 1140. The number of hydrogen-bond acceptors (Lipinski definition) is 4. The summed E-state index contributed by atoms with van der Waals surface area (Å²) >= 11 is 13.3. The first kappa shape index (κ1) is 18.3. The van der Waals surface area contributed by atoms with Gasteiger partial charge in [-0.05, 0) is 48.9 Å². The van der Waals surface area contributed by atoms with Gasteiger partial charge in [0.25, 0.3) is 11.5 Å². The minimum atomic E-state index is -0.696. The number of halogens is 2. The number of nitrogens with one attached hydrogen (secondary N) is 2. The third kappa shape index (κ3) is 3.22. The number of carbonyl (C=O) groups excluding carboxylic acids is 1. The molecule has 140 valence electrons. The molecule has 1 aromatic carbocycles. The van der Waals surface area contributed by atoms with Gasteiger partial charge >= 0.3 is 0 Å². The topological polar surface area (TPSA) is 82.2 Å². The molecule has 1 aliphatic carbocycles. The summed E-state index contributed by atoms with van der Waals surface area (Å²) in [4.78, 5) is 29.7. The molecule has 5 nitrogen and oxygen atoms in total. The van der Waals surface area contributed by atoms with Crippen LogP contribution in [-0.2, 0) is 12.8 Å². The van der Waals surface area contributed by atoms with Crippen LogP contribution in [0.2, 0.25) is 10.0 Å². The van der Waals surface area contributed by atoms with Crippen molar-refractivity contribution < 1.29 is 9.90 Å². The molecule has 2 aromatic heterocycles. The van der Waals surface area contributed by atoms with Gasteiger partial charge in [0.2, 0.25) is 0 Å². The second-order valence-corrected chi connectivity index (χ2v) is 8.74. The molecule has 3 N–H and O–H groups in total. The fourth-order valence-electron chi connectivity index (χ4n) is 3.47. The Kier molecular flexibility index (Phi) is 4.66. The Morgan fingerprint density at radius 2 is 2.11 bits per heavy atom. The highest BCUT2D eigenvalue weighted by atomic mass is 35.5. The van der Waals surface area contributed by atoms with E-state index < -0.39 is 11.5 Å². The lowest BCUT2D eigenvalue weighted by Gasteiger charge is -2.18. The van der Waals surface area contributed by atoms with Crippen LogP contribution in [0.1, 0.15) is 34.1 Å². The number of thiophene rings is 1. The number of benzene rings is 1. The number of fused-ring (bicyclic) bond motifs is 3. The molecule has 1 amide bonds. The van der Waals surface area contributed by atoms with Crippen LogP contribution in [0.4, 0.5) is 5.69 Å². The normalized spacial score (nSPS) is 16.3. The largest absolute Gasteiger partial charge is 0.506 e. The summed E-state index contributed by atoms with van der Waals surface area (Å²) in [6.45, 7) is 2.19. The predicted molar refractivity (Wildman–Crippen MR) is 110 cm³/mol. The van der Waals surface area contributed by atoms with E-state index in [-0.39, 0.29) is 16.3 Å². The van der Waals surface area contributed by atoms with Crippen LogP contribution < -0.4 is 10.9 Å². The van der Waals surface area contributed by atoms with Crippen molar-refractivity contribution in [2.45, 2.75) is 26.2 Å². The number of pyridine rings is 1. The molecule has 0 bridgehead atoms. The second-order valence-electron chi connectivity index (χ2n) is 6.82. The standard InChI is InChI=1S/C19H16Cl2N2O3S/c1-8-2-4-10-13(6-8)27-19-14(10)16(24)15(18(26)23-19)17(25)22-9-3-5-11(20)12(21)7-9/h3,5,7-8H,2,4,6H2,1H3,(H,22,25)(H2,23,24,26)/t8-/m0/s1. The molecule has 4 rings (SSSR count). The molecule has 8 heteroatoms. The van der Waals surface area contributed by atoms with Crippen LogP contribution in [0.15, 0.2) is 23.0 Å². The molecule has 2 heterocycles. The summed E-state index contributed by atoms with van der Waals surface area (Å²) < 4.78 is 0. The van der Waals surface area contributed by atoms with Gasteiger partial charge in [0.05, 0.1) is 15.4 Å². The zero-order chi connectivity index (χ0) is 19.3. The number of carbonyl (C=O) groups is 1. The third-order valence-electron chi connectivity index (χ3n) is 4.84. The molecule has 0 unspecified atom stereocenters. The lowest BCUT2D eigenvalue weighted by Crippen LogP contribution is -2.23. The van der Waals surface area contributed by atoms with Gasteiger partial charge in [0, 0.05) is 10.6 Å². The van der Waals surface area contributed by atoms with Gasteiger partial charge in [-0.2, -0.15) is 0 Å². The molecular weight excluding hydrogens is 407 g/mol. The van der Waals surface area contributed by atoms with Crippen molar-refractivity contribution in [3.63, 3.8) is 0 Å². The van der Waals surface area contributed by atoms with Crippen molar-refractivity contribution in [2.24, 2.45) is 5.92 Å². The first-order chi connectivity index (χ1) is 12.8. The monoisotopic (exact) mass is 422 g/mol. The van der Waals surface area contributed by atoms with Crippen LogP contribution in [0.25, 0.3) is 10.2 Å². The van der Waals surface area contributed by atoms with E-state index in [0.29, 0.717) is 26.8 Å². The highest BCUT2D eigenvalue weighted by Crippen LogP contribution is 2.41. The van der Waals surface area contributed by atoms with Crippen LogP contribution in [0.3, 0.4) is 0 Å². The van der Waals surface area contributed by atoms with Crippen molar-refractivity contribution >= 4 is 56.3 Å². The lowest BCUT2D eigenvalue weighted by molar-refractivity contribution is 0.102. The predicted octanol–water partition coefficient (Wildman–Crippen LogP) is 4.98. The van der Waals surface area contributed by atoms with Gasteiger partial charge < -0.3 is 15.4 Å². The number of anilines is 1. The van der Waals surface area contributed by atoms with Crippen molar-refractivity contribution in [3.05, 3.63) is 54.6 Å². The van der Waals surface area contributed by atoms with Crippen molar-refractivity contribution in [1.29, 1.82) is 0 Å². The number of H-pyrrole nitrogens is 1. The average Bonchev–Trinajstić information content (AvgIpc) is 2.95. The summed E-state index contributed by atoms with van der Waals surface area (Å²) in [5.74, 6) is -0.395.